The fourth-order valence-corrected chi connectivity index (χ4v) is 5.98. The van der Waals surface area contributed by atoms with E-state index in [1.807, 2.05) is 6.07 Å². The molecule has 4 heteroatoms. The number of nitrogens with zero attached hydrogens (tertiary/aromatic N) is 1. The van der Waals surface area contributed by atoms with E-state index in [2.05, 4.69) is 34.6 Å². The predicted octanol–water partition coefficient (Wildman–Crippen LogP) is 2.65. The maximum atomic E-state index is 10.2. The summed E-state index contributed by atoms with van der Waals surface area (Å²) in [7, 11) is 0. The Balaban J connectivity index is 1.42. The zero-order chi connectivity index (χ0) is 18.4. The molecule has 2 aliphatic heterocycles. The van der Waals surface area contributed by atoms with Gasteiger partial charge in [-0.1, -0.05) is 13.0 Å². The Morgan fingerprint density at radius 3 is 2.78 bits per heavy atom. The Morgan fingerprint density at radius 2 is 2.00 bits per heavy atom. The van der Waals surface area contributed by atoms with Crippen molar-refractivity contribution >= 4 is 0 Å². The second-order valence-corrected chi connectivity index (χ2v) is 9.80. The predicted molar refractivity (Wildman–Crippen MR) is 109 cm³/mol. The highest BCUT2D eigenvalue weighted by atomic mass is 16.3. The topological polar surface area (TPSA) is 47.5 Å². The van der Waals surface area contributed by atoms with E-state index < -0.39 is 0 Å². The average molecular weight is 370 g/mol. The molecule has 1 saturated carbocycles. The number of phenolic OH excluding ortho intramolecular Hbond substituents is 1. The molecular weight excluding hydrogens is 334 g/mol. The highest BCUT2D eigenvalue weighted by Gasteiger charge is 2.51. The lowest BCUT2D eigenvalue weighted by atomic mass is 9.61. The SMILES string of the molecule is C[C@@]12CCN(CC3CC3)[C@H](Cc3ccc(O)cc31)[C@H]2NCC1CCNCC1. The van der Waals surface area contributed by atoms with Gasteiger partial charge in [-0.25, -0.2) is 0 Å². The molecule has 4 nitrogen and oxygen atoms in total. The van der Waals surface area contributed by atoms with Crippen LogP contribution in [0.2, 0.25) is 0 Å². The van der Waals surface area contributed by atoms with E-state index in [1.54, 1.807) is 0 Å². The minimum Gasteiger partial charge on any atom is -0.508 e. The molecule has 2 saturated heterocycles. The summed E-state index contributed by atoms with van der Waals surface area (Å²) in [6.45, 7) is 8.43. The smallest absolute Gasteiger partial charge is 0.115 e. The Bertz CT molecular complexity index is 682. The molecule has 5 rings (SSSR count). The third kappa shape index (κ3) is 3.41. The largest absolute Gasteiger partial charge is 0.508 e. The van der Waals surface area contributed by atoms with Crippen molar-refractivity contribution in [2.24, 2.45) is 11.8 Å². The Kier molecular flexibility index (Phi) is 4.69. The molecule has 27 heavy (non-hydrogen) atoms. The number of aromatic hydroxyl groups is 1. The summed E-state index contributed by atoms with van der Waals surface area (Å²) >= 11 is 0. The second-order valence-electron chi connectivity index (χ2n) is 9.80. The molecule has 3 N–H and O–H groups in total. The fourth-order valence-electron chi connectivity index (χ4n) is 5.98. The minimum atomic E-state index is 0.129. The molecule has 3 atom stereocenters. The van der Waals surface area contributed by atoms with Crippen LogP contribution in [0.1, 0.15) is 50.2 Å². The van der Waals surface area contributed by atoms with Crippen LogP contribution in [0, 0.1) is 11.8 Å². The van der Waals surface area contributed by atoms with E-state index in [4.69, 9.17) is 0 Å². The molecule has 1 aromatic rings. The van der Waals surface area contributed by atoms with Crippen LogP contribution >= 0.6 is 0 Å². The lowest BCUT2D eigenvalue weighted by molar-refractivity contribution is 0.0404. The van der Waals surface area contributed by atoms with Crippen LogP contribution in [0.4, 0.5) is 0 Å². The number of rotatable bonds is 5. The van der Waals surface area contributed by atoms with Crippen molar-refractivity contribution < 1.29 is 5.11 Å². The highest BCUT2D eigenvalue weighted by molar-refractivity contribution is 5.45. The molecule has 2 heterocycles. The normalized spacial score (nSPS) is 34.4. The number of fused-ring (bicyclic) bond motifs is 4. The van der Waals surface area contributed by atoms with Crippen molar-refractivity contribution in [2.75, 3.05) is 32.7 Å². The zero-order valence-electron chi connectivity index (χ0n) is 16.7. The lowest BCUT2D eigenvalue weighted by Crippen LogP contribution is -2.67. The van der Waals surface area contributed by atoms with Gasteiger partial charge in [0.25, 0.3) is 0 Å². The average Bonchev–Trinajstić information content (AvgIpc) is 3.49. The molecule has 0 aromatic heterocycles. The summed E-state index contributed by atoms with van der Waals surface area (Å²) in [5, 5.41) is 17.7. The van der Waals surface area contributed by atoms with Crippen LogP contribution in [0.5, 0.6) is 5.75 Å². The van der Waals surface area contributed by atoms with E-state index >= 15 is 0 Å². The number of benzene rings is 1. The molecule has 3 fully saturated rings. The summed E-state index contributed by atoms with van der Waals surface area (Å²) < 4.78 is 0. The number of hydrogen-bond donors (Lipinski definition) is 3. The first-order chi connectivity index (χ1) is 13.1. The monoisotopic (exact) mass is 369 g/mol. The maximum absolute atomic E-state index is 10.2. The number of piperidine rings is 2. The van der Waals surface area contributed by atoms with E-state index in [1.165, 1.54) is 69.4 Å². The Hall–Kier alpha value is -1.10. The van der Waals surface area contributed by atoms with Crippen molar-refractivity contribution in [2.45, 2.75) is 62.9 Å². The first-order valence-electron chi connectivity index (χ1n) is 11.1. The van der Waals surface area contributed by atoms with E-state index in [-0.39, 0.29) is 5.41 Å². The zero-order valence-corrected chi connectivity index (χ0v) is 16.7. The Morgan fingerprint density at radius 1 is 1.19 bits per heavy atom. The third-order valence-corrected chi connectivity index (χ3v) is 7.87. The molecule has 0 unspecified atom stereocenters. The van der Waals surface area contributed by atoms with Gasteiger partial charge in [-0.15, -0.1) is 0 Å². The lowest BCUT2D eigenvalue weighted by Gasteiger charge is -2.56. The molecule has 0 spiro atoms. The van der Waals surface area contributed by atoms with Crippen LogP contribution in [0.3, 0.4) is 0 Å². The van der Waals surface area contributed by atoms with E-state index in [9.17, 15) is 5.11 Å². The van der Waals surface area contributed by atoms with Gasteiger partial charge in [0.05, 0.1) is 0 Å². The van der Waals surface area contributed by atoms with Crippen LogP contribution in [-0.4, -0.2) is 54.8 Å². The summed E-state index contributed by atoms with van der Waals surface area (Å²) in [5.41, 5.74) is 2.98. The van der Waals surface area contributed by atoms with E-state index in [0.29, 0.717) is 17.8 Å². The number of hydrogen-bond acceptors (Lipinski definition) is 4. The second kappa shape index (κ2) is 7.06. The third-order valence-electron chi connectivity index (χ3n) is 7.87. The fraction of sp³-hybridized carbons (Fsp3) is 0.739. The van der Waals surface area contributed by atoms with Crippen LogP contribution in [0.15, 0.2) is 18.2 Å². The van der Waals surface area contributed by atoms with Crippen molar-refractivity contribution in [3.8, 4) is 5.75 Å². The Labute approximate surface area is 163 Å². The van der Waals surface area contributed by atoms with Gasteiger partial charge in [-0.3, -0.25) is 4.90 Å². The summed E-state index contributed by atoms with van der Waals surface area (Å²) in [5.74, 6) is 2.17. The van der Waals surface area contributed by atoms with Gasteiger partial charge < -0.3 is 15.7 Å². The van der Waals surface area contributed by atoms with Gasteiger partial charge in [0.15, 0.2) is 0 Å². The van der Waals surface area contributed by atoms with Gasteiger partial charge in [0.1, 0.15) is 5.75 Å². The molecule has 2 aliphatic carbocycles. The van der Waals surface area contributed by atoms with Gasteiger partial charge in [0, 0.05) is 24.0 Å². The summed E-state index contributed by atoms with van der Waals surface area (Å²) in [6, 6.07) is 7.21. The standard InChI is InChI=1S/C23H35N3O/c1-23-8-11-26(15-17-2-3-17)21(12-18-4-5-19(27)13-20(18)23)22(23)25-14-16-6-9-24-10-7-16/h4-5,13,16-17,21-22,24-25,27H,2-3,6-12,14-15H2,1H3/t21-,22-,23-/m1/s1. The van der Waals surface area contributed by atoms with Crippen molar-refractivity contribution in [3.05, 3.63) is 29.3 Å². The molecule has 4 aliphatic rings. The van der Waals surface area contributed by atoms with Gasteiger partial charge in [0.2, 0.25) is 0 Å². The van der Waals surface area contributed by atoms with Crippen molar-refractivity contribution in [1.29, 1.82) is 0 Å². The van der Waals surface area contributed by atoms with Crippen LogP contribution < -0.4 is 10.6 Å². The minimum absolute atomic E-state index is 0.129. The van der Waals surface area contributed by atoms with Crippen LogP contribution in [-0.2, 0) is 11.8 Å². The first-order valence-corrected chi connectivity index (χ1v) is 11.1. The molecular formula is C23H35N3O. The molecule has 1 aromatic carbocycles. The molecule has 2 bridgehead atoms. The molecule has 0 radical (unpaired) electrons. The van der Waals surface area contributed by atoms with E-state index in [0.717, 1.165) is 24.8 Å². The van der Waals surface area contributed by atoms with Gasteiger partial charge in [-0.2, -0.15) is 0 Å². The summed E-state index contributed by atoms with van der Waals surface area (Å²) in [4.78, 5) is 2.80. The van der Waals surface area contributed by atoms with Crippen molar-refractivity contribution in [1.82, 2.24) is 15.5 Å². The maximum Gasteiger partial charge on any atom is 0.115 e. The first kappa shape index (κ1) is 18.0. The van der Waals surface area contributed by atoms with Crippen LogP contribution in [0.25, 0.3) is 0 Å². The number of likely N-dealkylation sites (tertiary alicyclic amines) is 1. The quantitative estimate of drug-likeness (QED) is 0.747. The number of nitrogens with one attached hydrogen (secondary N) is 2. The number of phenols is 1. The van der Waals surface area contributed by atoms with Crippen molar-refractivity contribution in [3.63, 3.8) is 0 Å². The van der Waals surface area contributed by atoms with Gasteiger partial charge >= 0.3 is 0 Å². The summed E-state index contributed by atoms with van der Waals surface area (Å²) in [6.07, 6.45) is 7.77. The molecule has 0 amide bonds. The molecule has 148 valence electrons. The highest BCUT2D eigenvalue weighted by Crippen LogP contribution is 2.47. The van der Waals surface area contributed by atoms with Gasteiger partial charge in [-0.05, 0) is 99.8 Å².